The Morgan fingerprint density at radius 3 is 2.83 bits per heavy atom. The Hall–Kier alpha value is -2.42. The number of dihydropyridines is 1. The normalized spacial score (nSPS) is 29.1. The van der Waals surface area contributed by atoms with E-state index in [1.165, 1.54) is 13.2 Å². The lowest BCUT2D eigenvalue weighted by atomic mass is 9.84. The number of rotatable bonds is 2. The van der Waals surface area contributed by atoms with Crippen molar-refractivity contribution in [1.29, 1.82) is 0 Å². The Labute approximate surface area is 214 Å². The molecule has 0 saturated carbocycles. The number of carbonyl (C=O) groups is 2. The molecule has 1 aliphatic carbocycles. The lowest BCUT2D eigenvalue weighted by Gasteiger charge is -2.29. The van der Waals surface area contributed by atoms with Gasteiger partial charge in [0, 0.05) is 29.5 Å². The first-order valence-electron chi connectivity index (χ1n) is 11.9. The maximum absolute atomic E-state index is 12.6. The van der Waals surface area contributed by atoms with E-state index in [1.807, 2.05) is 17.0 Å². The van der Waals surface area contributed by atoms with Gasteiger partial charge in [0.1, 0.15) is 5.78 Å². The summed E-state index contributed by atoms with van der Waals surface area (Å²) in [5, 5.41) is 14.1. The standard InChI is InChI=1S/C27H32N2O4S2/c1-3-16-4-6-20(30)12-21(31)7-5-17-11-25(33-2)24(32)13-23(17)22-8-9-26(16)35-34-15-19-10-18(22)14-29-27(19)28/h5,7-11,13-14,16,22,26-27,29,32H,3-4,6,12,15,28H2,1-2H3/b7-5+,9-8+/t16-,22-,26-,27?/m1/s1. The van der Waals surface area contributed by atoms with E-state index in [0.717, 1.165) is 40.9 Å². The molecule has 0 fully saturated rings. The predicted molar refractivity (Wildman–Crippen MR) is 144 cm³/mol. The number of carbonyl (C=O) groups excluding carboxylic acids is 2. The van der Waals surface area contributed by atoms with Crippen LogP contribution in [0.3, 0.4) is 0 Å². The summed E-state index contributed by atoms with van der Waals surface area (Å²) < 4.78 is 5.35. The number of phenolic OH excluding ortho intramolecular Hbond substituents is 1. The molecule has 4 N–H and O–H groups in total. The number of benzene rings is 1. The number of ether oxygens (including phenoxy) is 1. The van der Waals surface area contributed by atoms with Crippen LogP contribution in [0.4, 0.5) is 0 Å². The summed E-state index contributed by atoms with van der Waals surface area (Å²) in [6.07, 6.45) is 13.4. The van der Waals surface area contributed by atoms with Crippen LogP contribution in [0.2, 0.25) is 0 Å². The van der Waals surface area contributed by atoms with E-state index in [-0.39, 0.29) is 41.1 Å². The number of nitrogens with two attached hydrogens (primary N) is 1. The van der Waals surface area contributed by atoms with Crippen LogP contribution in [0.1, 0.15) is 49.7 Å². The van der Waals surface area contributed by atoms with E-state index in [9.17, 15) is 14.7 Å². The Morgan fingerprint density at radius 1 is 1.23 bits per heavy atom. The van der Waals surface area contributed by atoms with Gasteiger partial charge in [-0.3, -0.25) is 9.59 Å². The summed E-state index contributed by atoms with van der Waals surface area (Å²) in [5.74, 6) is 1.03. The number of hydrogen-bond donors (Lipinski definition) is 3. The van der Waals surface area contributed by atoms with Gasteiger partial charge in [-0.1, -0.05) is 59.2 Å². The molecular formula is C27H32N2O4S2. The number of Topliss-reactive ketones (excluding diaryl/α,β-unsaturated/α-hetero) is 1. The second kappa shape index (κ2) is 11.5. The molecule has 0 saturated heterocycles. The SMILES string of the molecule is CC[C@@H]1CCC(=O)CC(=O)/C=C/c2cc(OC)c(O)cc2[C@@H]2/C=C/[C@H]1SSCC1=CC2=CNC1N. The van der Waals surface area contributed by atoms with E-state index in [4.69, 9.17) is 10.5 Å². The van der Waals surface area contributed by atoms with Gasteiger partial charge in [0.25, 0.3) is 0 Å². The van der Waals surface area contributed by atoms with Crippen LogP contribution in [0, 0.1) is 5.92 Å². The first-order valence-corrected chi connectivity index (χ1v) is 14.3. The zero-order chi connectivity index (χ0) is 24.9. The van der Waals surface area contributed by atoms with Crippen LogP contribution in [-0.4, -0.2) is 41.0 Å². The second-order valence-corrected chi connectivity index (χ2v) is 11.6. The van der Waals surface area contributed by atoms with E-state index in [1.54, 1.807) is 29.0 Å². The number of hydrogen-bond acceptors (Lipinski definition) is 8. The summed E-state index contributed by atoms with van der Waals surface area (Å²) in [5.41, 5.74) is 10.1. The van der Waals surface area contributed by atoms with Crippen LogP contribution >= 0.6 is 21.6 Å². The van der Waals surface area contributed by atoms with Gasteiger partial charge in [-0.05, 0) is 52.8 Å². The smallest absolute Gasteiger partial charge is 0.163 e. The van der Waals surface area contributed by atoms with Crippen molar-refractivity contribution in [1.82, 2.24) is 5.32 Å². The van der Waals surface area contributed by atoms with Crippen LogP contribution in [0.15, 0.2) is 53.8 Å². The maximum Gasteiger partial charge on any atom is 0.163 e. The molecule has 186 valence electrons. The van der Waals surface area contributed by atoms with Crippen LogP contribution in [0.25, 0.3) is 6.08 Å². The van der Waals surface area contributed by atoms with Crippen molar-refractivity contribution in [3.63, 3.8) is 0 Å². The second-order valence-electron chi connectivity index (χ2n) is 9.07. The molecule has 4 rings (SSSR count). The summed E-state index contributed by atoms with van der Waals surface area (Å²) in [7, 11) is 5.09. The van der Waals surface area contributed by atoms with Crippen molar-refractivity contribution in [2.45, 2.75) is 49.9 Å². The third-order valence-corrected chi connectivity index (χ3v) is 9.54. The molecule has 8 heteroatoms. The van der Waals surface area contributed by atoms with Crippen LogP contribution in [0.5, 0.6) is 11.5 Å². The molecular weight excluding hydrogens is 480 g/mol. The summed E-state index contributed by atoms with van der Waals surface area (Å²) in [6, 6.07) is 3.44. The minimum Gasteiger partial charge on any atom is -0.504 e. The first-order chi connectivity index (χ1) is 16.9. The van der Waals surface area contributed by atoms with Gasteiger partial charge < -0.3 is 20.9 Å². The quantitative estimate of drug-likeness (QED) is 0.293. The first kappa shape index (κ1) is 25.7. The average Bonchev–Trinajstić information content (AvgIpc) is 2.84. The van der Waals surface area contributed by atoms with E-state index < -0.39 is 0 Å². The average molecular weight is 513 g/mol. The fourth-order valence-electron chi connectivity index (χ4n) is 4.66. The molecule has 3 aliphatic rings. The van der Waals surface area contributed by atoms with Crippen molar-refractivity contribution >= 4 is 39.2 Å². The zero-order valence-electron chi connectivity index (χ0n) is 20.0. The zero-order valence-corrected chi connectivity index (χ0v) is 21.7. The monoisotopic (exact) mass is 512 g/mol. The molecule has 2 heterocycles. The predicted octanol–water partition coefficient (Wildman–Crippen LogP) is 4.86. The molecule has 6 nitrogen and oxygen atoms in total. The highest BCUT2D eigenvalue weighted by molar-refractivity contribution is 8.77. The van der Waals surface area contributed by atoms with Crippen LogP contribution < -0.4 is 15.8 Å². The van der Waals surface area contributed by atoms with Crippen LogP contribution in [-0.2, 0) is 9.59 Å². The van der Waals surface area contributed by atoms with E-state index in [0.29, 0.717) is 18.1 Å². The third-order valence-electron chi connectivity index (χ3n) is 6.76. The van der Waals surface area contributed by atoms with Gasteiger partial charge in [0.05, 0.1) is 19.7 Å². The number of phenols is 1. The summed E-state index contributed by atoms with van der Waals surface area (Å²) >= 11 is 0. The summed E-state index contributed by atoms with van der Waals surface area (Å²) in [4.78, 5) is 25.1. The highest BCUT2D eigenvalue weighted by Gasteiger charge is 2.27. The van der Waals surface area contributed by atoms with Gasteiger partial charge in [0.15, 0.2) is 17.3 Å². The maximum atomic E-state index is 12.6. The highest BCUT2D eigenvalue weighted by atomic mass is 33.1. The van der Waals surface area contributed by atoms with Gasteiger partial charge in [0.2, 0.25) is 0 Å². The molecule has 1 aromatic carbocycles. The molecule has 0 radical (unpaired) electrons. The Balaban J connectivity index is 1.90. The molecule has 4 atom stereocenters. The highest BCUT2D eigenvalue weighted by Crippen LogP contribution is 2.43. The third kappa shape index (κ3) is 6.05. The molecule has 1 unspecified atom stereocenters. The Kier molecular flexibility index (Phi) is 8.46. The molecule has 0 spiro atoms. The minimum absolute atomic E-state index is 0.0278. The number of nitrogens with one attached hydrogen (secondary N) is 1. The van der Waals surface area contributed by atoms with Crippen molar-refractivity contribution in [3.8, 4) is 11.5 Å². The Bertz CT molecular complexity index is 1110. The molecule has 0 aromatic heterocycles. The van der Waals surface area contributed by atoms with Crippen molar-refractivity contribution < 1.29 is 19.4 Å². The summed E-state index contributed by atoms with van der Waals surface area (Å²) in [6.45, 7) is 2.15. The largest absolute Gasteiger partial charge is 0.504 e. The van der Waals surface area contributed by atoms with E-state index >= 15 is 0 Å². The molecule has 1 aromatic rings. The molecule has 35 heavy (non-hydrogen) atoms. The fourth-order valence-corrected chi connectivity index (χ4v) is 7.67. The minimum atomic E-state index is -0.249. The number of fused-ring (bicyclic) bond motifs is 6. The number of methoxy groups -OCH3 is 1. The van der Waals surface area contributed by atoms with Gasteiger partial charge >= 0.3 is 0 Å². The van der Waals surface area contributed by atoms with Crippen molar-refractivity contribution in [2.75, 3.05) is 12.9 Å². The molecule has 4 bridgehead atoms. The Morgan fingerprint density at radius 2 is 2.06 bits per heavy atom. The number of allylic oxidation sites excluding steroid dienone is 4. The van der Waals surface area contributed by atoms with Gasteiger partial charge in [-0.15, -0.1) is 0 Å². The van der Waals surface area contributed by atoms with Gasteiger partial charge in [-0.25, -0.2) is 0 Å². The number of aromatic hydroxyl groups is 1. The lowest BCUT2D eigenvalue weighted by molar-refractivity contribution is -0.124. The fraction of sp³-hybridized carbons (Fsp3) is 0.407. The topological polar surface area (TPSA) is 102 Å². The van der Waals surface area contributed by atoms with Crippen molar-refractivity contribution in [2.24, 2.45) is 11.7 Å². The molecule has 0 amide bonds. The van der Waals surface area contributed by atoms with Crippen molar-refractivity contribution in [3.05, 3.63) is 64.9 Å². The number of ketones is 2. The lowest BCUT2D eigenvalue weighted by Crippen LogP contribution is -2.39. The van der Waals surface area contributed by atoms with E-state index in [2.05, 4.69) is 30.5 Å². The molecule has 2 aliphatic heterocycles. The van der Waals surface area contributed by atoms with Gasteiger partial charge in [-0.2, -0.15) is 0 Å².